The Morgan fingerprint density at radius 1 is 1.40 bits per heavy atom. The fraction of sp³-hybridized carbons (Fsp3) is 0.538. The number of ether oxygens (including phenoxy) is 2. The van der Waals surface area contributed by atoms with E-state index in [1.807, 2.05) is 6.07 Å². The monoisotopic (exact) mass is 206 g/mol. The van der Waals surface area contributed by atoms with E-state index in [1.165, 1.54) is 11.1 Å². The number of benzene rings is 1. The molecule has 1 saturated heterocycles. The fourth-order valence-electron chi connectivity index (χ4n) is 2.08. The summed E-state index contributed by atoms with van der Waals surface area (Å²) in [5.74, 6) is 0.911. The van der Waals surface area contributed by atoms with Crippen molar-refractivity contribution >= 4 is 0 Å². The van der Waals surface area contributed by atoms with E-state index in [1.54, 1.807) is 7.11 Å². The highest BCUT2D eigenvalue weighted by molar-refractivity contribution is 5.37. The lowest BCUT2D eigenvalue weighted by molar-refractivity contribution is -0.172. The van der Waals surface area contributed by atoms with Crippen LogP contribution in [-0.4, -0.2) is 13.7 Å². The van der Waals surface area contributed by atoms with Crippen molar-refractivity contribution in [2.45, 2.75) is 26.9 Å². The van der Waals surface area contributed by atoms with Gasteiger partial charge < -0.3 is 9.47 Å². The van der Waals surface area contributed by atoms with Crippen LogP contribution in [0, 0.1) is 12.3 Å². The van der Waals surface area contributed by atoms with E-state index < -0.39 is 0 Å². The lowest BCUT2D eigenvalue weighted by atomic mass is 9.77. The minimum atomic E-state index is 0.239. The summed E-state index contributed by atoms with van der Waals surface area (Å²) in [7, 11) is 1.69. The lowest BCUT2D eigenvalue weighted by Gasteiger charge is -2.45. The first-order valence-electron chi connectivity index (χ1n) is 5.31. The third-order valence-electron chi connectivity index (χ3n) is 3.09. The minimum absolute atomic E-state index is 0.239. The Hall–Kier alpha value is -1.02. The van der Waals surface area contributed by atoms with E-state index in [-0.39, 0.29) is 11.5 Å². The highest BCUT2D eigenvalue weighted by Crippen LogP contribution is 2.46. The third-order valence-corrected chi connectivity index (χ3v) is 3.09. The van der Waals surface area contributed by atoms with Crippen LogP contribution in [0.15, 0.2) is 18.2 Å². The van der Waals surface area contributed by atoms with Crippen LogP contribution < -0.4 is 4.74 Å². The molecule has 0 aromatic heterocycles. The molecule has 0 aliphatic carbocycles. The second-order valence-electron chi connectivity index (χ2n) is 4.90. The predicted octanol–water partition coefficient (Wildman–Crippen LogP) is 3.10. The minimum Gasteiger partial charge on any atom is -0.497 e. The Kier molecular flexibility index (Phi) is 2.47. The summed E-state index contributed by atoms with van der Waals surface area (Å²) in [6, 6.07) is 6.17. The zero-order valence-electron chi connectivity index (χ0n) is 9.83. The molecule has 82 valence electrons. The van der Waals surface area contributed by atoms with Gasteiger partial charge in [-0.05, 0) is 30.2 Å². The SMILES string of the molecule is COc1ccc(C2OCC2(C)C)c(C)c1. The number of hydrogen-bond donors (Lipinski definition) is 0. The van der Waals surface area contributed by atoms with E-state index in [4.69, 9.17) is 9.47 Å². The molecule has 15 heavy (non-hydrogen) atoms. The summed E-state index contributed by atoms with van der Waals surface area (Å²) in [6.45, 7) is 7.44. The smallest absolute Gasteiger partial charge is 0.119 e. The maximum atomic E-state index is 5.65. The molecule has 1 unspecified atom stereocenters. The molecule has 0 spiro atoms. The van der Waals surface area contributed by atoms with Gasteiger partial charge in [0.25, 0.3) is 0 Å². The maximum Gasteiger partial charge on any atom is 0.119 e. The van der Waals surface area contributed by atoms with Crippen molar-refractivity contribution in [3.63, 3.8) is 0 Å². The zero-order chi connectivity index (χ0) is 11.1. The molecule has 0 amide bonds. The van der Waals surface area contributed by atoms with Gasteiger partial charge in [-0.2, -0.15) is 0 Å². The van der Waals surface area contributed by atoms with Crippen LogP contribution in [0.4, 0.5) is 0 Å². The number of hydrogen-bond acceptors (Lipinski definition) is 2. The van der Waals surface area contributed by atoms with Crippen LogP contribution in [0.3, 0.4) is 0 Å². The highest BCUT2D eigenvalue weighted by Gasteiger charge is 2.41. The Morgan fingerprint density at radius 3 is 2.53 bits per heavy atom. The van der Waals surface area contributed by atoms with Gasteiger partial charge in [0.05, 0.1) is 19.8 Å². The van der Waals surface area contributed by atoms with Gasteiger partial charge in [0.1, 0.15) is 5.75 Å². The van der Waals surface area contributed by atoms with E-state index in [0.717, 1.165) is 12.4 Å². The average molecular weight is 206 g/mol. The van der Waals surface area contributed by atoms with Crippen LogP contribution >= 0.6 is 0 Å². The predicted molar refractivity (Wildman–Crippen MR) is 60.2 cm³/mol. The van der Waals surface area contributed by atoms with Crippen molar-refractivity contribution in [2.75, 3.05) is 13.7 Å². The van der Waals surface area contributed by atoms with Gasteiger partial charge >= 0.3 is 0 Å². The maximum absolute atomic E-state index is 5.65. The van der Waals surface area contributed by atoms with Gasteiger partial charge in [-0.15, -0.1) is 0 Å². The molecule has 1 aliphatic heterocycles. The second kappa shape index (κ2) is 3.53. The molecular formula is C13H18O2. The van der Waals surface area contributed by atoms with Gasteiger partial charge in [0.2, 0.25) is 0 Å². The summed E-state index contributed by atoms with van der Waals surface area (Å²) >= 11 is 0. The molecule has 0 radical (unpaired) electrons. The molecule has 2 heteroatoms. The molecule has 2 rings (SSSR count). The largest absolute Gasteiger partial charge is 0.497 e. The van der Waals surface area contributed by atoms with E-state index in [2.05, 4.69) is 32.9 Å². The molecule has 1 heterocycles. The Bertz CT molecular complexity index is 369. The van der Waals surface area contributed by atoms with Crippen molar-refractivity contribution in [1.29, 1.82) is 0 Å². The first-order chi connectivity index (χ1) is 7.04. The number of rotatable bonds is 2. The molecule has 1 atom stereocenters. The third kappa shape index (κ3) is 1.74. The molecule has 0 bridgehead atoms. The van der Waals surface area contributed by atoms with Crippen LogP contribution in [0.1, 0.15) is 31.1 Å². The standard InChI is InChI=1S/C13H18O2/c1-9-7-10(14-4)5-6-11(9)12-13(2,3)8-15-12/h5-7,12H,8H2,1-4H3. The summed E-state index contributed by atoms with van der Waals surface area (Å²) in [6.07, 6.45) is 0.239. The van der Waals surface area contributed by atoms with Crippen LogP contribution in [-0.2, 0) is 4.74 Å². The van der Waals surface area contributed by atoms with E-state index in [0.29, 0.717) is 0 Å². The van der Waals surface area contributed by atoms with Crippen molar-refractivity contribution in [3.05, 3.63) is 29.3 Å². The molecule has 1 aromatic carbocycles. The van der Waals surface area contributed by atoms with Crippen molar-refractivity contribution in [2.24, 2.45) is 5.41 Å². The average Bonchev–Trinajstić information content (AvgIpc) is 2.19. The first kappa shape index (κ1) is 10.5. The van der Waals surface area contributed by atoms with Crippen molar-refractivity contribution in [1.82, 2.24) is 0 Å². The fourth-order valence-corrected chi connectivity index (χ4v) is 2.08. The van der Waals surface area contributed by atoms with E-state index >= 15 is 0 Å². The second-order valence-corrected chi connectivity index (χ2v) is 4.90. The van der Waals surface area contributed by atoms with E-state index in [9.17, 15) is 0 Å². The van der Waals surface area contributed by atoms with Crippen LogP contribution in [0.5, 0.6) is 5.75 Å². The Labute approximate surface area is 91.2 Å². The zero-order valence-corrected chi connectivity index (χ0v) is 9.83. The van der Waals surface area contributed by atoms with Gasteiger partial charge in [0.15, 0.2) is 0 Å². The molecule has 0 saturated carbocycles. The summed E-state index contributed by atoms with van der Waals surface area (Å²) in [5.41, 5.74) is 2.79. The normalized spacial score (nSPS) is 23.3. The quantitative estimate of drug-likeness (QED) is 0.740. The van der Waals surface area contributed by atoms with Crippen LogP contribution in [0.25, 0.3) is 0 Å². The number of aryl methyl sites for hydroxylation is 1. The lowest BCUT2D eigenvalue weighted by Crippen LogP contribution is -2.40. The molecule has 0 N–H and O–H groups in total. The topological polar surface area (TPSA) is 18.5 Å². The van der Waals surface area contributed by atoms with Gasteiger partial charge in [-0.25, -0.2) is 0 Å². The number of methoxy groups -OCH3 is 1. The highest BCUT2D eigenvalue weighted by atomic mass is 16.5. The van der Waals surface area contributed by atoms with Crippen molar-refractivity contribution in [3.8, 4) is 5.75 Å². The summed E-state index contributed by atoms with van der Waals surface area (Å²) in [5, 5.41) is 0. The summed E-state index contributed by atoms with van der Waals surface area (Å²) in [4.78, 5) is 0. The summed E-state index contributed by atoms with van der Waals surface area (Å²) < 4.78 is 10.8. The molecule has 1 fully saturated rings. The molecule has 2 nitrogen and oxygen atoms in total. The Balaban J connectivity index is 2.30. The van der Waals surface area contributed by atoms with Gasteiger partial charge in [-0.1, -0.05) is 19.9 Å². The molecular weight excluding hydrogens is 188 g/mol. The van der Waals surface area contributed by atoms with Gasteiger partial charge in [0, 0.05) is 5.41 Å². The molecule has 1 aromatic rings. The van der Waals surface area contributed by atoms with Crippen molar-refractivity contribution < 1.29 is 9.47 Å². The Morgan fingerprint density at radius 2 is 2.13 bits per heavy atom. The van der Waals surface area contributed by atoms with Gasteiger partial charge in [-0.3, -0.25) is 0 Å². The first-order valence-corrected chi connectivity index (χ1v) is 5.31. The van der Waals surface area contributed by atoms with Crippen LogP contribution in [0.2, 0.25) is 0 Å². The molecule has 1 aliphatic rings.